The molecule has 0 aliphatic carbocycles. The Bertz CT molecular complexity index is 853. The zero-order valence-electron chi connectivity index (χ0n) is 12.7. The summed E-state index contributed by atoms with van der Waals surface area (Å²) in [5.41, 5.74) is 6.04. The van der Waals surface area contributed by atoms with Crippen molar-refractivity contribution in [3.05, 3.63) is 59.0 Å². The summed E-state index contributed by atoms with van der Waals surface area (Å²) in [6.07, 6.45) is -1.05. The van der Waals surface area contributed by atoms with Crippen LogP contribution in [0.2, 0.25) is 0 Å². The van der Waals surface area contributed by atoms with E-state index in [0.29, 0.717) is 4.31 Å². The summed E-state index contributed by atoms with van der Waals surface area (Å²) in [4.78, 5) is 22.3. The van der Waals surface area contributed by atoms with Crippen LogP contribution in [0.1, 0.15) is 5.56 Å². The van der Waals surface area contributed by atoms with Gasteiger partial charge in [0.15, 0.2) is 0 Å². The fourth-order valence-corrected chi connectivity index (χ4v) is 2.90. The van der Waals surface area contributed by atoms with Gasteiger partial charge >= 0.3 is 6.09 Å². The Kier molecular flexibility index (Phi) is 5.14. The second-order valence-electron chi connectivity index (χ2n) is 4.82. The quantitative estimate of drug-likeness (QED) is 0.654. The smallest absolute Gasteiger partial charge is 0.423 e. The summed E-state index contributed by atoms with van der Waals surface area (Å²) in [5, 5.41) is 2.65. The van der Waals surface area contributed by atoms with Gasteiger partial charge in [0, 0.05) is 7.05 Å². The molecule has 1 amide bonds. The first-order chi connectivity index (χ1) is 11.4. The van der Waals surface area contributed by atoms with E-state index >= 15 is 0 Å². The van der Waals surface area contributed by atoms with E-state index in [9.17, 15) is 18.1 Å². The third kappa shape index (κ3) is 3.69. The number of sulfonamides is 1. The summed E-state index contributed by atoms with van der Waals surface area (Å²) in [7, 11) is -3.13. The number of carbonyl (C=O) groups is 1. The van der Waals surface area contributed by atoms with Crippen molar-refractivity contribution in [3.63, 3.8) is 0 Å². The van der Waals surface area contributed by atoms with Gasteiger partial charge < -0.3 is 10.5 Å². The van der Waals surface area contributed by atoms with Gasteiger partial charge in [0.25, 0.3) is 10.0 Å². The minimum Gasteiger partial charge on any atom is -0.444 e. The lowest BCUT2D eigenvalue weighted by Crippen LogP contribution is -2.33. The Morgan fingerprint density at radius 1 is 1.21 bits per heavy atom. The fourth-order valence-electron chi connectivity index (χ4n) is 1.83. The van der Waals surface area contributed by atoms with Crippen molar-refractivity contribution in [1.82, 2.24) is 4.31 Å². The summed E-state index contributed by atoms with van der Waals surface area (Å²) < 4.78 is 30.2. The largest absolute Gasteiger partial charge is 0.444 e. The number of ether oxygens (including phenoxy) is 1. The van der Waals surface area contributed by atoms with E-state index in [1.807, 2.05) is 6.07 Å². The topological polar surface area (TPSA) is 119 Å². The Morgan fingerprint density at radius 3 is 2.50 bits per heavy atom. The minimum absolute atomic E-state index is 0.0401. The molecule has 24 heavy (non-hydrogen) atoms. The van der Waals surface area contributed by atoms with Crippen molar-refractivity contribution in [3.8, 4) is 0 Å². The lowest BCUT2D eigenvalue weighted by molar-refractivity contribution is 0.124. The predicted molar refractivity (Wildman–Crippen MR) is 87.9 cm³/mol. The molecule has 0 radical (unpaired) electrons. The van der Waals surface area contributed by atoms with E-state index in [-0.39, 0.29) is 22.9 Å². The van der Waals surface area contributed by atoms with E-state index in [2.05, 4.69) is 5.18 Å². The van der Waals surface area contributed by atoms with Crippen molar-refractivity contribution in [1.29, 1.82) is 0 Å². The number of nitroso groups, excluding NO2 is 1. The van der Waals surface area contributed by atoms with Gasteiger partial charge in [-0.25, -0.2) is 17.5 Å². The third-order valence-electron chi connectivity index (χ3n) is 3.22. The average molecular weight is 349 g/mol. The van der Waals surface area contributed by atoms with Crippen LogP contribution in [0.3, 0.4) is 0 Å². The molecule has 0 unspecified atom stereocenters. The Balaban J connectivity index is 2.16. The summed E-state index contributed by atoms with van der Waals surface area (Å²) in [6, 6.07) is 12.2. The molecule has 0 spiro atoms. The molecule has 0 aromatic heterocycles. The number of benzene rings is 2. The molecule has 0 saturated carbocycles. The molecule has 0 aliphatic heterocycles. The number of hydrogen-bond donors (Lipinski definition) is 1. The first-order valence-electron chi connectivity index (χ1n) is 6.78. The number of nitrogens with two attached hydrogens (primary N) is 1. The number of nitrogens with zero attached hydrogens (tertiary/aromatic N) is 2. The van der Waals surface area contributed by atoms with Crippen LogP contribution in [0.4, 0.5) is 16.2 Å². The zero-order valence-corrected chi connectivity index (χ0v) is 13.6. The predicted octanol–water partition coefficient (Wildman–Crippen LogP) is 2.62. The van der Waals surface area contributed by atoms with Gasteiger partial charge in [-0.2, -0.15) is 0 Å². The first kappa shape index (κ1) is 17.4. The van der Waals surface area contributed by atoms with Crippen LogP contribution in [0.5, 0.6) is 0 Å². The van der Waals surface area contributed by atoms with Crippen LogP contribution in [-0.4, -0.2) is 25.9 Å². The maximum Gasteiger partial charge on any atom is 0.423 e. The van der Waals surface area contributed by atoms with Crippen molar-refractivity contribution >= 4 is 27.5 Å². The number of nitrogen functional groups attached to an aromatic ring is 1. The monoisotopic (exact) mass is 349 g/mol. The normalized spacial score (nSPS) is 10.9. The zero-order chi connectivity index (χ0) is 17.7. The van der Waals surface area contributed by atoms with Gasteiger partial charge in [-0.1, -0.05) is 30.3 Å². The van der Waals surface area contributed by atoms with Crippen LogP contribution in [0.15, 0.2) is 58.6 Å². The van der Waals surface area contributed by atoms with Gasteiger partial charge in [0.1, 0.15) is 12.3 Å². The lowest BCUT2D eigenvalue weighted by Gasteiger charge is -2.17. The number of carbonyl (C=O) groups excluding carboxylic acids is 1. The van der Waals surface area contributed by atoms with Gasteiger partial charge in [-0.15, -0.1) is 4.91 Å². The number of amides is 1. The molecule has 0 bridgehead atoms. The van der Waals surface area contributed by atoms with Crippen LogP contribution < -0.4 is 5.73 Å². The van der Waals surface area contributed by atoms with Gasteiger partial charge in [-0.05, 0) is 28.9 Å². The maximum absolute atomic E-state index is 12.4. The highest BCUT2D eigenvalue weighted by Gasteiger charge is 2.27. The van der Waals surface area contributed by atoms with Crippen molar-refractivity contribution in [2.45, 2.75) is 11.5 Å². The molecular formula is C15H15N3O5S. The molecule has 2 N–H and O–H groups in total. The molecule has 0 saturated heterocycles. The summed E-state index contributed by atoms with van der Waals surface area (Å²) >= 11 is 0. The van der Waals surface area contributed by atoms with Crippen LogP contribution >= 0.6 is 0 Å². The summed E-state index contributed by atoms with van der Waals surface area (Å²) in [5.74, 6) is 0. The van der Waals surface area contributed by atoms with Crippen LogP contribution in [-0.2, 0) is 21.4 Å². The molecular weight excluding hydrogens is 334 g/mol. The highest BCUT2D eigenvalue weighted by molar-refractivity contribution is 7.89. The second kappa shape index (κ2) is 7.09. The molecule has 2 rings (SSSR count). The number of anilines is 1. The van der Waals surface area contributed by atoms with Crippen molar-refractivity contribution in [2.75, 3.05) is 12.8 Å². The van der Waals surface area contributed by atoms with E-state index in [0.717, 1.165) is 18.7 Å². The molecule has 126 valence electrons. The van der Waals surface area contributed by atoms with E-state index in [4.69, 9.17) is 10.5 Å². The van der Waals surface area contributed by atoms with E-state index < -0.39 is 16.1 Å². The van der Waals surface area contributed by atoms with Crippen molar-refractivity contribution < 1.29 is 17.9 Å². The molecule has 2 aromatic rings. The highest BCUT2D eigenvalue weighted by Crippen LogP contribution is 2.26. The third-order valence-corrected chi connectivity index (χ3v) is 4.94. The minimum atomic E-state index is -4.19. The van der Waals surface area contributed by atoms with Crippen molar-refractivity contribution in [2.24, 2.45) is 5.18 Å². The number of hydrogen-bond acceptors (Lipinski definition) is 7. The molecule has 0 heterocycles. The van der Waals surface area contributed by atoms with Gasteiger partial charge in [0.2, 0.25) is 0 Å². The van der Waals surface area contributed by atoms with Gasteiger partial charge in [0.05, 0.1) is 10.6 Å². The van der Waals surface area contributed by atoms with Crippen LogP contribution in [0, 0.1) is 4.91 Å². The first-order valence-corrected chi connectivity index (χ1v) is 8.22. The fraction of sp³-hybridized carbons (Fsp3) is 0.133. The Morgan fingerprint density at radius 2 is 1.88 bits per heavy atom. The standard InChI is InChI=1S/C15H15N3O5S/c1-18(15(19)23-10-11-5-3-2-4-6-11)24(21,22)12-7-8-13(16)14(9-12)17-20/h2-9H,10,16H2,1H3. The second-order valence-corrected chi connectivity index (χ2v) is 6.79. The summed E-state index contributed by atoms with van der Waals surface area (Å²) in [6.45, 7) is -0.0670. The highest BCUT2D eigenvalue weighted by atomic mass is 32.2. The number of rotatable bonds is 5. The SMILES string of the molecule is CN(C(=O)OCc1ccccc1)S(=O)(=O)c1ccc(N)c(N=O)c1. The molecule has 0 atom stereocenters. The molecule has 8 nitrogen and oxygen atoms in total. The van der Waals surface area contributed by atoms with Gasteiger partial charge in [-0.3, -0.25) is 0 Å². The molecule has 2 aromatic carbocycles. The lowest BCUT2D eigenvalue weighted by atomic mass is 10.2. The van der Waals surface area contributed by atoms with Crippen LogP contribution in [0.25, 0.3) is 0 Å². The average Bonchev–Trinajstić information content (AvgIpc) is 2.60. The molecule has 9 heteroatoms. The van der Waals surface area contributed by atoms with E-state index in [1.165, 1.54) is 12.1 Å². The molecule has 0 aliphatic rings. The van der Waals surface area contributed by atoms with E-state index in [1.54, 1.807) is 24.3 Å². The Hall–Kier alpha value is -2.94. The molecule has 0 fully saturated rings. The Labute approximate surface area is 138 Å². The maximum atomic E-state index is 12.4.